The molecule has 0 aromatic rings. The highest BCUT2D eigenvalue weighted by Gasteiger charge is 2.51. The van der Waals surface area contributed by atoms with E-state index < -0.39 is 23.6 Å². The molecule has 1 aliphatic carbocycles. The Morgan fingerprint density at radius 1 is 1.44 bits per heavy atom. The zero-order valence-corrected chi connectivity index (χ0v) is 10.9. The van der Waals surface area contributed by atoms with Gasteiger partial charge >= 0.3 is 12.1 Å². The van der Waals surface area contributed by atoms with Crippen LogP contribution in [0.4, 0.5) is 13.2 Å². The largest absolute Gasteiger partial charge is 0.468 e. The van der Waals surface area contributed by atoms with E-state index in [-0.39, 0.29) is 18.9 Å². The van der Waals surface area contributed by atoms with E-state index >= 15 is 0 Å². The SMILES string of the molecule is COC(=O)C1(NC(C)C)CCCC(C(F)(F)F)C1. The third-order valence-electron chi connectivity index (χ3n) is 3.36. The van der Waals surface area contributed by atoms with Gasteiger partial charge in [-0.05, 0) is 33.1 Å². The van der Waals surface area contributed by atoms with Crippen LogP contribution in [-0.2, 0) is 9.53 Å². The van der Waals surface area contributed by atoms with Crippen LogP contribution in [0.2, 0.25) is 0 Å². The summed E-state index contributed by atoms with van der Waals surface area (Å²) in [5.41, 5.74) is -1.19. The second-order valence-electron chi connectivity index (χ2n) is 5.21. The summed E-state index contributed by atoms with van der Waals surface area (Å²) < 4.78 is 43.1. The van der Waals surface area contributed by atoms with Gasteiger partial charge in [-0.3, -0.25) is 10.1 Å². The quantitative estimate of drug-likeness (QED) is 0.799. The lowest BCUT2D eigenvalue weighted by Crippen LogP contribution is -2.58. The van der Waals surface area contributed by atoms with Crippen LogP contribution in [0.1, 0.15) is 39.5 Å². The third-order valence-corrected chi connectivity index (χ3v) is 3.36. The Hall–Kier alpha value is -0.780. The highest BCUT2D eigenvalue weighted by molar-refractivity contribution is 5.81. The monoisotopic (exact) mass is 267 g/mol. The van der Waals surface area contributed by atoms with Gasteiger partial charge in [0.2, 0.25) is 0 Å². The van der Waals surface area contributed by atoms with Crippen molar-refractivity contribution >= 4 is 5.97 Å². The van der Waals surface area contributed by atoms with Gasteiger partial charge in [0.1, 0.15) is 5.54 Å². The summed E-state index contributed by atoms with van der Waals surface area (Å²) in [5.74, 6) is -2.03. The molecule has 1 rings (SSSR count). The predicted octanol–water partition coefficient (Wildman–Crippen LogP) is 2.65. The molecule has 0 saturated heterocycles. The predicted molar refractivity (Wildman–Crippen MR) is 61.0 cm³/mol. The lowest BCUT2D eigenvalue weighted by Gasteiger charge is -2.41. The van der Waals surface area contributed by atoms with Gasteiger partial charge in [-0.1, -0.05) is 6.42 Å². The first kappa shape index (κ1) is 15.3. The van der Waals surface area contributed by atoms with Crippen molar-refractivity contribution in [3.8, 4) is 0 Å². The number of halogens is 3. The summed E-state index contributed by atoms with van der Waals surface area (Å²) in [4.78, 5) is 11.8. The first-order valence-corrected chi connectivity index (χ1v) is 6.14. The Balaban J connectivity index is 2.93. The summed E-state index contributed by atoms with van der Waals surface area (Å²) in [6, 6.07) is -0.0731. The Bertz CT molecular complexity index is 304. The zero-order valence-electron chi connectivity index (χ0n) is 10.9. The normalized spacial score (nSPS) is 29.4. The van der Waals surface area contributed by atoms with Crippen molar-refractivity contribution in [3.05, 3.63) is 0 Å². The number of carbonyl (C=O) groups is 1. The van der Waals surface area contributed by atoms with E-state index in [1.54, 1.807) is 0 Å². The Morgan fingerprint density at radius 3 is 2.50 bits per heavy atom. The maximum atomic E-state index is 12.8. The van der Waals surface area contributed by atoms with E-state index in [0.717, 1.165) is 0 Å². The molecule has 1 saturated carbocycles. The minimum absolute atomic E-state index is 0.0731. The molecule has 0 aromatic heterocycles. The van der Waals surface area contributed by atoms with Crippen molar-refractivity contribution in [2.45, 2.75) is 57.3 Å². The fourth-order valence-corrected chi connectivity index (χ4v) is 2.68. The van der Waals surface area contributed by atoms with Crippen molar-refractivity contribution in [2.24, 2.45) is 5.92 Å². The van der Waals surface area contributed by atoms with Crippen molar-refractivity contribution in [1.82, 2.24) is 5.32 Å². The molecule has 2 unspecified atom stereocenters. The average Bonchev–Trinajstić information content (AvgIpc) is 2.26. The van der Waals surface area contributed by atoms with Crippen LogP contribution in [0, 0.1) is 5.92 Å². The molecule has 2 atom stereocenters. The first-order valence-electron chi connectivity index (χ1n) is 6.14. The van der Waals surface area contributed by atoms with Gasteiger partial charge in [0, 0.05) is 6.04 Å². The van der Waals surface area contributed by atoms with Gasteiger partial charge in [-0.2, -0.15) is 13.2 Å². The zero-order chi connectivity index (χ0) is 14.0. The molecular formula is C12H20F3NO2. The number of ether oxygens (including phenoxy) is 1. The molecule has 18 heavy (non-hydrogen) atoms. The minimum Gasteiger partial charge on any atom is -0.468 e. The second kappa shape index (κ2) is 5.47. The standard InChI is InChI=1S/C12H20F3NO2/c1-8(2)16-11(10(17)18-3)6-4-5-9(7-11)12(13,14)15/h8-9,16H,4-7H2,1-3H3. The number of alkyl halides is 3. The van der Waals surface area contributed by atoms with Crippen molar-refractivity contribution in [2.75, 3.05) is 7.11 Å². The van der Waals surface area contributed by atoms with Crippen LogP contribution >= 0.6 is 0 Å². The number of methoxy groups -OCH3 is 1. The lowest BCUT2D eigenvalue weighted by atomic mass is 9.75. The number of nitrogens with one attached hydrogen (secondary N) is 1. The minimum atomic E-state index is -4.25. The molecule has 0 aliphatic heterocycles. The number of carbonyl (C=O) groups excluding carboxylic acids is 1. The van der Waals surface area contributed by atoms with Crippen LogP contribution in [0.25, 0.3) is 0 Å². The summed E-state index contributed by atoms with van der Waals surface area (Å²) in [6.45, 7) is 3.61. The Kier molecular flexibility index (Phi) is 4.64. The molecule has 6 heteroatoms. The first-order chi connectivity index (χ1) is 8.21. The van der Waals surface area contributed by atoms with Gasteiger partial charge in [0.05, 0.1) is 13.0 Å². The summed E-state index contributed by atoms with van der Waals surface area (Å²) in [7, 11) is 1.21. The fourth-order valence-electron chi connectivity index (χ4n) is 2.68. The molecule has 106 valence electrons. The smallest absolute Gasteiger partial charge is 0.391 e. The topological polar surface area (TPSA) is 38.3 Å². The van der Waals surface area contributed by atoms with Gasteiger partial charge in [-0.25, -0.2) is 0 Å². The molecule has 0 heterocycles. The van der Waals surface area contributed by atoms with E-state index in [1.165, 1.54) is 7.11 Å². The highest BCUT2D eigenvalue weighted by atomic mass is 19.4. The second-order valence-corrected chi connectivity index (χ2v) is 5.21. The Labute approximate surface area is 105 Å². The lowest BCUT2D eigenvalue weighted by molar-refractivity contribution is -0.192. The maximum absolute atomic E-state index is 12.8. The van der Waals surface area contributed by atoms with Gasteiger partial charge in [-0.15, -0.1) is 0 Å². The highest BCUT2D eigenvalue weighted by Crippen LogP contribution is 2.42. The molecule has 1 N–H and O–H groups in total. The summed E-state index contributed by atoms with van der Waals surface area (Å²) in [6.07, 6.45) is -3.63. The maximum Gasteiger partial charge on any atom is 0.391 e. The summed E-state index contributed by atoms with van der Waals surface area (Å²) in [5, 5.41) is 2.97. The Morgan fingerprint density at radius 2 is 2.06 bits per heavy atom. The average molecular weight is 267 g/mol. The molecular weight excluding hydrogens is 247 g/mol. The van der Waals surface area contributed by atoms with E-state index in [4.69, 9.17) is 0 Å². The molecule has 1 aliphatic rings. The van der Waals surface area contributed by atoms with E-state index in [1.807, 2.05) is 13.8 Å². The van der Waals surface area contributed by atoms with E-state index in [9.17, 15) is 18.0 Å². The van der Waals surface area contributed by atoms with Gasteiger partial charge in [0.15, 0.2) is 0 Å². The number of hydrogen-bond donors (Lipinski definition) is 1. The van der Waals surface area contributed by atoms with Crippen molar-refractivity contribution in [1.29, 1.82) is 0 Å². The van der Waals surface area contributed by atoms with Gasteiger partial charge in [0.25, 0.3) is 0 Å². The van der Waals surface area contributed by atoms with E-state index in [2.05, 4.69) is 10.1 Å². The van der Waals surface area contributed by atoms with Crippen LogP contribution in [0.15, 0.2) is 0 Å². The van der Waals surface area contributed by atoms with Crippen molar-refractivity contribution < 1.29 is 22.7 Å². The van der Waals surface area contributed by atoms with Crippen LogP contribution in [-0.4, -0.2) is 30.8 Å². The molecule has 1 fully saturated rings. The molecule has 0 amide bonds. The molecule has 3 nitrogen and oxygen atoms in total. The van der Waals surface area contributed by atoms with Crippen molar-refractivity contribution in [3.63, 3.8) is 0 Å². The molecule has 0 radical (unpaired) electrons. The number of rotatable bonds is 3. The summed E-state index contributed by atoms with van der Waals surface area (Å²) >= 11 is 0. The number of esters is 1. The third kappa shape index (κ3) is 3.37. The van der Waals surface area contributed by atoms with Crippen LogP contribution in [0.5, 0.6) is 0 Å². The van der Waals surface area contributed by atoms with E-state index in [0.29, 0.717) is 12.8 Å². The number of hydrogen-bond acceptors (Lipinski definition) is 3. The van der Waals surface area contributed by atoms with Crippen LogP contribution in [0.3, 0.4) is 0 Å². The molecule has 0 spiro atoms. The van der Waals surface area contributed by atoms with Crippen LogP contribution < -0.4 is 5.32 Å². The van der Waals surface area contributed by atoms with Gasteiger partial charge < -0.3 is 4.74 Å². The fraction of sp³-hybridized carbons (Fsp3) is 0.917. The molecule has 0 bridgehead atoms. The molecule has 0 aromatic carbocycles.